The lowest BCUT2D eigenvalue weighted by Gasteiger charge is -2.10. The van der Waals surface area contributed by atoms with Crippen LogP contribution in [0.5, 0.6) is 0 Å². The lowest BCUT2D eigenvalue weighted by atomic mass is 10.1. The fourth-order valence-corrected chi connectivity index (χ4v) is 4.05. The van der Waals surface area contributed by atoms with Crippen molar-refractivity contribution in [2.24, 2.45) is 0 Å². The number of hydrogen-bond acceptors (Lipinski definition) is 3. The second-order valence-corrected chi connectivity index (χ2v) is 7.08. The molecule has 2 heterocycles. The van der Waals surface area contributed by atoms with Crippen molar-refractivity contribution in [3.63, 3.8) is 0 Å². The summed E-state index contributed by atoms with van der Waals surface area (Å²) in [4.78, 5) is 15.1. The molecule has 0 aliphatic carbocycles. The minimum atomic E-state index is -2.97. The van der Waals surface area contributed by atoms with Crippen molar-refractivity contribution in [1.29, 1.82) is 0 Å². The van der Waals surface area contributed by atoms with Crippen LogP contribution >= 0.6 is 0 Å². The summed E-state index contributed by atoms with van der Waals surface area (Å²) in [6.07, 6.45) is 2.32. The summed E-state index contributed by atoms with van der Waals surface area (Å²) in [6, 6.07) is 7.00. The normalized spacial score (nSPS) is 21.6. The van der Waals surface area contributed by atoms with Gasteiger partial charge in [-0.25, -0.2) is 8.42 Å². The van der Waals surface area contributed by atoms with Crippen LogP contribution in [0.1, 0.15) is 16.8 Å². The Morgan fingerprint density at radius 2 is 2.16 bits per heavy atom. The lowest BCUT2D eigenvalue weighted by molar-refractivity contribution is 0.0941. The molecule has 6 heteroatoms. The highest BCUT2D eigenvalue weighted by Crippen LogP contribution is 2.16. The number of fused-ring (bicyclic) bond motifs is 1. The minimum Gasteiger partial charge on any atom is -0.361 e. The molecule has 1 aromatic carbocycles. The molecule has 1 amide bonds. The molecule has 0 bridgehead atoms. The summed E-state index contributed by atoms with van der Waals surface area (Å²) >= 11 is 0. The Morgan fingerprint density at radius 1 is 1.32 bits per heavy atom. The molecule has 1 unspecified atom stereocenters. The van der Waals surface area contributed by atoms with Gasteiger partial charge in [-0.05, 0) is 30.7 Å². The van der Waals surface area contributed by atoms with Gasteiger partial charge in [0, 0.05) is 28.7 Å². The van der Waals surface area contributed by atoms with Crippen molar-refractivity contribution < 1.29 is 13.2 Å². The van der Waals surface area contributed by atoms with E-state index in [1.807, 2.05) is 18.3 Å². The monoisotopic (exact) mass is 278 g/mol. The molecule has 5 nitrogen and oxygen atoms in total. The third-order valence-electron chi connectivity index (χ3n) is 3.38. The van der Waals surface area contributed by atoms with E-state index < -0.39 is 9.84 Å². The third-order valence-corrected chi connectivity index (χ3v) is 5.15. The largest absolute Gasteiger partial charge is 0.361 e. The van der Waals surface area contributed by atoms with Gasteiger partial charge in [0.2, 0.25) is 0 Å². The zero-order chi connectivity index (χ0) is 13.5. The van der Waals surface area contributed by atoms with Gasteiger partial charge in [-0.1, -0.05) is 0 Å². The summed E-state index contributed by atoms with van der Waals surface area (Å²) in [5.41, 5.74) is 1.52. The van der Waals surface area contributed by atoms with Crippen molar-refractivity contribution in [2.45, 2.75) is 12.5 Å². The Bertz CT molecular complexity index is 733. The SMILES string of the molecule is O=C(NC1CCS(=O)(=O)C1)c1ccc2[nH]ccc2c1. The molecule has 0 saturated carbocycles. The van der Waals surface area contributed by atoms with Crippen LogP contribution in [0.4, 0.5) is 0 Å². The van der Waals surface area contributed by atoms with Crippen LogP contribution < -0.4 is 5.32 Å². The second-order valence-electron chi connectivity index (χ2n) is 4.85. The van der Waals surface area contributed by atoms with Crippen molar-refractivity contribution in [3.05, 3.63) is 36.0 Å². The van der Waals surface area contributed by atoms with E-state index in [4.69, 9.17) is 0 Å². The van der Waals surface area contributed by atoms with Gasteiger partial charge in [-0.15, -0.1) is 0 Å². The molecule has 1 saturated heterocycles. The average molecular weight is 278 g/mol. The molecule has 0 radical (unpaired) electrons. The maximum atomic E-state index is 12.1. The van der Waals surface area contributed by atoms with E-state index in [-0.39, 0.29) is 23.5 Å². The molecule has 1 aromatic heterocycles. The standard InChI is InChI=1S/C13H14N2O3S/c16-13(15-11-4-6-19(17,18)8-11)10-1-2-12-9(7-10)3-5-14-12/h1-3,5,7,11,14H,4,6,8H2,(H,15,16). The van der Waals surface area contributed by atoms with Gasteiger partial charge in [0.25, 0.3) is 5.91 Å². The summed E-state index contributed by atoms with van der Waals surface area (Å²) in [5, 5.41) is 3.74. The summed E-state index contributed by atoms with van der Waals surface area (Å²) in [7, 11) is -2.97. The summed E-state index contributed by atoms with van der Waals surface area (Å²) in [6.45, 7) is 0. The van der Waals surface area contributed by atoms with Gasteiger partial charge >= 0.3 is 0 Å². The number of hydrogen-bond donors (Lipinski definition) is 2. The molecule has 100 valence electrons. The number of sulfone groups is 1. The number of amides is 1. The van der Waals surface area contributed by atoms with E-state index in [1.165, 1.54) is 0 Å². The first kappa shape index (κ1) is 12.2. The highest BCUT2D eigenvalue weighted by atomic mass is 32.2. The van der Waals surface area contributed by atoms with E-state index in [0.717, 1.165) is 10.9 Å². The van der Waals surface area contributed by atoms with Crippen LogP contribution in [-0.2, 0) is 9.84 Å². The van der Waals surface area contributed by atoms with Crippen LogP contribution in [0, 0.1) is 0 Å². The first-order valence-electron chi connectivity index (χ1n) is 6.12. The van der Waals surface area contributed by atoms with Gasteiger partial charge in [0.05, 0.1) is 11.5 Å². The van der Waals surface area contributed by atoms with Crippen LogP contribution in [0.3, 0.4) is 0 Å². The van der Waals surface area contributed by atoms with Gasteiger partial charge < -0.3 is 10.3 Å². The Labute approximate surface area is 110 Å². The molecule has 2 N–H and O–H groups in total. The molecular weight excluding hydrogens is 264 g/mol. The van der Waals surface area contributed by atoms with Crippen molar-refractivity contribution >= 4 is 26.6 Å². The smallest absolute Gasteiger partial charge is 0.251 e. The maximum Gasteiger partial charge on any atom is 0.251 e. The van der Waals surface area contributed by atoms with Crippen molar-refractivity contribution in [1.82, 2.24) is 10.3 Å². The number of aromatic amines is 1. The zero-order valence-electron chi connectivity index (χ0n) is 10.2. The van der Waals surface area contributed by atoms with Crippen LogP contribution in [-0.4, -0.2) is 36.9 Å². The first-order valence-corrected chi connectivity index (χ1v) is 7.94. The fourth-order valence-electron chi connectivity index (χ4n) is 2.37. The predicted molar refractivity (Wildman–Crippen MR) is 72.8 cm³/mol. The number of carbonyl (C=O) groups excluding carboxylic acids is 1. The minimum absolute atomic E-state index is 0.0468. The summed E-state index contributed by atoms with van der Waals surface area (Å²) in [5.74, 6) is -0.00914. The topological polar surface area (TPSA) is 79.0 Å². The van der Waals surface area contributed by atoms with Gasteiger partial charge in [-0.2, -0.15) is 0 Å². The molecule has 1 aliphatic rings. The molecule has 0 spiro atoms. The second kappa shape index (κ2) is 4.38. The molecule has 3 rings (SSSR count). The summed E-state index contributed by atoms with van der Waals surface area (Å²) < 4.78 is 22.7. The lowest BCUT2D eigenvalue weighted by Crippen LogP contribution is -2.35. The Balaban J connectivity index is 1.76. The molecule has 19 heavy (non-hydrogen) atoms. The molecule has 2 aromatic rings. The van der Waals surface area contributed by atoms with Crippen LogP contribution in [0.25, 0.3) is 10.9 Å². The van der Waals surface area contributed by atoms with Crippen molar-refractivity contribution in [2.75, 3.05) is 11.5 Å². The zero-order valence-corrected chi connectivity index (χ0v) is 11.0. The molecule has 1 atom stereocenters. The quantitative estimate of drug-likeness (QED) is 0.863. The average Bonchev–Trinajstić information content (AvgIpc) is 2.94. The number of aromatic nitrogens is 1. The number of rotatable bonds is 2. The van der Waals surface area contributed by atoms with Gasteiger partial charge in [0.1, 0.15) is 0 Å². The number of nitrogens with one attached hydrogen (secondary N) is 2. The van der Waals surface area contributed by atoms with Crippen LogP contribution in [0.2, 0.25) is 0 Å². The first-order chi connectivity index (χ1) is 9.03. The van der Waals surface area contributed by atoms with Crippen molar-refractivity contribution in [3.8, 4) is 0 Å². The Kier molecular flexibility index (Phi) is 2.82. The van der Waals surface area contributed by atoms with Gasteiger partial charge in [0.15, 0.2) is 9.84 Å². The van der Waals surface area contributed by atoms with Crippen LogP contribution in [0.15, 0.2) is 30.5 Å². The molecule has 1 fully saturated rings. The van der Waals surface area contributed by atoms with E-state index in [0.29, 0.717) is 12.0 Å². The molecule has 1 aliphatic heterocycles. The van der Waals surface area contributed by atoms with E-state index in [2.05, 4.69) is 10.3 Å². The number of benzene rings is 1. The van der Waals surface area contributed by atoms with E-state index >= 15 is 0 Å². The predicted octanol–water partition coefficient (Wildman–Crippen LogP) is 1.08. The third kappa shape index (κ3) is 2.49. The maximum absolute atomic E-state index is 12.1. The Morgan fingerprint density at radius 3 is 2.89 bits per heavy atom. The van der Waals surface area contributed by atoms with E-state index in [9.17, 15) is 13.2 Å². The van der Waals surface area contributed by atoms with E-state index in [1.54, 1.807) is 12.1 Å². The fraction of sp³-hybridized carbons (Fsp3) is 0.308. The number of carbonyl (C=O) groups is 1. The highest BCUT2D eigenvalue weighted by molar-refractivity contribution is 7.91. The highest BCUT2D eigenvalue weighted by Gasteiger charge is 2.29. The number of H-pyrrole nitrogens is 1. The Hall–Kier alpha value is -1.82. The molecular formula is C13H14N2O3S. The van der Waals surface area contributed by atoms with Gasteiger partial charge in [-0.3, -0.25) is 4.79 Å².